The molecule has 5 heteroatoms. The van der Waals surface area contributed by atoms with E-state index >= 15 is 0 Å². The molecule has 0 saturated carbocycles. The minimum absolute atomic E-state index is 0.177. The van der Waals surface area contributed by atoms with Gasteiger partial charge in [-0.3, -0.25) is 9.88 Å². The predicted octanol–water partition coefficient (Wildman–Crippen LogP) is 3.95. The third-order valence-electron chi connectivity index (χ3n) is 5.39. The highest BCUT2D eigenvalue weighted by Crippen LogP contribution is 2.27. The normalized spacial score (nSPS) is 15.7. The highest BCUT2D eigenvalue weighted by Gasteiger charge is 2.19. The van der Waals surface area contributed by atoms with Crippen LogP contribution < -0.4 is 4.90 Å². The van der Waals surface area contributed by atoms with Crippen LogP contribution in [0, 0.1) is 5.82 Å². The SMILES string of the molecule is Fc1ccc(CN2CCN(c3cccc4c3ncc3cccn34)CC2)cc1. The summed E-state index contributed by atoms with van der Waals surface area (Å²) in [5, 5.41) is 0. The molecule has 0 amide bonds. The van der Waals surface area contributed by atoms with E-state index in [0.29, 0.717) is 0 Å². The van der Waals surface area contributed by atoms with Crippen molar-refractivity contribution in [2.24, 2.45) is 0 Å². The molecule has 0 spiro atoms. The number of aromatic nitrogens is 2. The molecule has 0 atom stereocenters. The van der Waals surface area contributed by atoms with Gasteiger partial charge in [0.1, 0.15) is 11.3 Å². The predicted molar refractivity (Wildman–Crippen MR) is 107 cm³/mol. The number of rotatable bonds is 3. The Bertz CT molecular complexity index is 1080. The Hall–Kier alpha value is -2.92. The van der Waals surface area contributed by atoms with Gasteiger partial charge in [-0.2, -0.15) is 0 Å². The molecular weight excluding hydrogens is 339 g/mol. The van der Waals surface area contributed by atoms with E-state index in [1.807, 2.05) is 18.3 Å². The number of piperazine rings is 1. The molecule has 27 heavy (non-hydrogen) atoms. The third-order valence-corrected chi connectivity index (χ3v) is 5.39. The summed E-state index contributed by atoms with van der Waals surface area (Å²) in [5.41, 5.74) is 5.66. The van der Waals surface area contributed by atoms with Crippen LogP contribution in [0.25, 0.3) is 16.6 Å². The van der Waals surface area contributed by atoms with Crippen LogP contribution in [0.2, 0.25) is 0 Å². The van der Waals surface area contributed by atoms with Gasteiger partial charge in [0.15, 0.2) is 0 Å². The van der Waals surface area contributed by atoms with Crippen LogP contribution in [0.4, 0.5) is 10.1 Å². The molecular formula is C22H21FN4. The number of hydrogen-bond acceptors (Lipinski definition) is 3. The molecule has 1 saturated heterocycles. The maximum Gasteiger partial charge on any atom is 0.123 e. The van der Waals surface area contributed by atoms with E-state index in [0.717, 1.165) is 54.8 Å². The number of anilines is 1. The van der Waals surface area contributed by atoms with Crippen molar-refractivity contribution in [3.8, 4) is 0 Å². The lowest BCUT2D eigenvalue weighted by atomic mass is 10.1. The number of benzene rings is 2. The zero-order chi connectivity index (χ0) is 18.2. The number of nitrogens with zero attached hydrogens (tertiary/aromatic N) is 4. The molecule has 0 N–H and O–H groups in total. The van der Waals surface area contributed by atoms with Crippen molar-refractivity contribution in [3.05, 3.63) is 78.4 Å². The highest BCUT2D eigenvalue weighted by molar-refractivity contribution is 5.90. The Kier molecular flexibility index (Phi) is 4.02. The number of halogens is 1. The summed E-state index contributed by atoms with van der Waals surface area (Å²) >= 11 is 0. The lowest BCUT2D eigenvalue weighted by Crippen LogP contribution is -2.46. The van der Waals surface area contributed by atoms with Crippen molar-refractivity contribution in [1.29, 1.82) is 0 Å². The first kappa shape index (κ1) is 16.3. The molecule has 0 unspecified atom stereocenters. The Morgan fingerprint density at radius 3 is 2.52 bits per heavy atom. The zero-order valence-electron chi connectivity index (χ0n) is 15.1. The molecule has 1 aliphatic heterocycles. The maximum absolute atomic E-state index is 13.1. The van der Waals surface area contributed by atoms with Crippen LogP contribution in [0.15, 0.2) is 67.0 Å². The second-order valence-corrected chi connectivity index (χ2v) is 7.10. The number of hydrogen-bond donors (Lipinski definition) is 0. The summed E-state index contributed by atoms with van der Waals surface area (Å²) in [6.07, 6.45) is 4.03. The van der Waals surface area contributed by atoms with E-state index in [2.05, 4.69) is 50.7 Å². The quantitative estimate of drug-likeness (QED) is 0.553. The van der Waals surface area contributed by atoms with Gasteiger partial charge in [-0.1, -0.05) is 18.2 Å². The fourth-order valence-corrected chi connectivity index (χ4v) is 3.95. The van der Waals surface area contributed by atoms with Crippen molar-refractivity contribution < 1.29 is 4.39 Å². The van der Waals surface area contributed by atoms with Gasteiger partial charge in [0.25, 0.3) is 0 Å². The maximum atomic E-state index is 13.1. The first-order valence-corrected chi connectivity index (χ1v) is 9.34. The van der Waals surface area contributed by atoms with Gasteiger partial charge in [-0.15, -0.1) is 0 Å². The lowest BCUT2D eigenvalue weighted by Gasteiger charge is -2.36. The first-order valence-electron chi connectivity index (χ1n) is 9.34. The van der Waals surface area contributed by atoms with Crippen LogP contribution in [0.1, 0.15) is 5.56 Å². The zero-order valence-corrected chi connectivity index (χ0v) is 15.1. The van der Waals surface area contributed by atoms with Crippen LogP contribution >= 0.6 is 0 Å². The Labute approximate surface area is 157 Å². The molecule has 0 bridgehead atoms. The van der Waals surface area contributed by atoms with Crippen LogP contribution in [0.3, 0.4) is 0 Å². The summed E-state index contributed by atoms with van der Waals surface area (Å²) in [7, 11) is 0. The van der Waals surface area contributed by atoms with Gasteiger partial charge in [0.05, 0.1) is 22.9 Å². The fourth-order valence-electron chi connectivity index (χ4n) is 3.95. The standard InChI is InChI=1S/C22H21FN4/c23-18-8-6-17(7-9-18)16-25-11-13-26(14-12-25)20-4-1-5-21-22(20)24-15-19-3-2-10-27(19)21/h1-10,15H,11-14,16H2. The van der Waals surface area contributed by atoms with Crippen LogP contribution in [-0.4, -0.2) is 40.5 Å². The van der Waals surface area contributed by atoms with Gasteiger partial charge in [-0.05, 0) is 42.0 Å². The Morgan fingerprint density at radius 1 is 0.889 bits per heavy atom. The second kappa shape index (κ2) is 6.67. The summed E-state index contributed by atoms with van der Waals surface area (Å²) < 4.78 is 15.3. The van der Waals surface area contributed by atoms with E-state index in [9.17, 15) is 4.39 Å². The Morgan fingerprint density at radius 2 is 1.70 bits per heavy atom. The average molecular weight is 360 g/mol. The number of para-hydroxylation sites is 1. The van der Waals surface area contributed by atoms with E-state index in [-0.39, 0.29) is 5.82 Å². The molecule has 1 aliphatic rings. The molecule has 2 aromatic carbocycles. The second-order valence-electron chi connectivity index (χ2n) is 7.10. The minimum atomic E-state index is -0.177. The molecule has 1 fully saturated rings. The summed E-state index contributed by atoms with van der Waals surface area (Å²) in [4.78, 5) is 9.59. The monoisotopic (exact) mass is 360 g/mol. The third kappa shape index (κ3) is 3.04. The van der Waals surface area contributed by atoms with Gasteiger partial charge in [-0.25, -0.2) is 4.39 Å². The van der Waals surface area contributed by atoms with Gasteiger partial charge in [0.2, 0.25) is 0 Å². The summed E-state index contributed by atoms with van der Waals surface area (Å²) in [6.45, 7) is 4.77. The van der Waals surface area contributed by atoms with Crippen molar-refractivity contribution in [2.45, 2.75) is 6.54 Å². The Balaban J connectivity index is 1.35. The minimum Gasteiger partial charge on any atom is -0.367 e. The van der Waals surface area contributed by atoms with Crippen LogP contribution in [0.5, 0.6) is 0 Å². The number of fused-ring (bicyclic) bond motifs is 3. The molecule has 0 radical (unpaired) electrons. The van der Waals surface area contributed by atoms with Gasteiger partial charge >= 0.3 is 0 Å². The van der Waals surface area contributed by atoms with Gasteiger partial charge < -0.3 is 9.30 Å². The topological polar surface area (TPSA) is 23.8 Å². The highest BCUT2D eigenvalue weighted by atomic mass is 19.1. The van der Waals surface area contributed by atoms with E-state index in [1.54, 1.807) is 0 Å². The smallest absolute Gasteiger partial charge is 0.123 e. The van der Waals surface area contributed by atoms with Crippen LogP contribution in [-0.2, 0) is 6.54 Å². The molecule has 2 aromatic heterocycles. The van der Waals surface area contributed by atoms with Crippen molar-refractivity contribution >= 4 is 22.2 Å². The van der Waals surface area contributed by atoms with E-state index in [4.69, 9.17) is 4.98 Å². The van der Waals surface area contributed by atoms with Crippen molar-refractivity contribution in [3.63, 3.8) is 0 Å². The molecule has 4 nitrogen and oxygen atoms in total. The lowest BCUT2D eigenvalue weighted by molar-refractivity contribution is 0.250. The fraction of sp³-hybridized carbons (Fsp3) is 0.227. The molecule has 136 valence electrons. The molecule has 0 aliphatic carbocycles. The average Bonchev–Trinajstić information content (AvgIpc) is 3.19. The summed E-state index contributed by atoms with van der Waals surface area (Å²) in [5.74, 6) is -0.177. The van der Waals surface area contributed by atoms with Crippen molar-refractivity contribution in [2.75, 3.05) is 31.1 Å². The molecule has 5 rings (SSSR count). The largest absolute Gasteiger partial charge is 0.367 e. The van der Waals surface area contributed by atoms with E-state index < -0.39 is 0 Å². The summed E-state index contributed by atoms with van der Waals surface area (Å²) in [6, 6.07) is 17.4. The first-order chi connectivity index (χ1) is 13.3. The van der Waals surface area contributed by atoms with Crippen molar-refractivity contribution in [1.82, 2.24) is 14.3 Å². The van der Waals surface area contributed by atoms with Gasteiger partial charge in [0, 0.05) is 38.9 Å². The molecule has 4 aromatic rings. The molecule has 3 heterocycles. The van der Waals surface area contributed by atoms with E-state index in [1.165, 1.54) is 17.8 Å².